The van der Waals surface area contributed by atoms with Gasteiger partial charge in [-0.2, -0.15) is 0 Å². The Labute approximate surface area is 103 Å². The number of nitrogens with two attached hydrogens (primary N) is 1. The lowest BCUT2D eigenvalue weighted by atomic mass is 10.1. The summed E-state index contributed by atoms with van der Waals surface area (Å²) in [4.78, 5) is 6.02. The predicted octanol–water partition coefficient (Wildman–Crippen LogP) is -0.419. The summed E-state index contributed by atoms with van der Waals surface area (Å²) in [7, 11) is 0.531. The molecule has 0 aliphatic heterocycles. The minimum atomic E-state index is -3.14. The van der Waals surface area contributed by atoms with Gasteiger partial charge in [-0.25, -0.2) is 13.1 Å². The highest BCUT2D eigenvalue weighted by molar-refractivity contribution is 7.88. The van der Waals surface area contributed by atoms with E-state index in [4.69, 9.17) is 5.73 Å². The van der Waals surface area contributed by atoms with Crippen LogP contribution in [0.3, 0.4) is 0 Å². The van der Waals surface area contributed by atoms with Crippen LogP contribution in [0.4, 0.5) is 0 Å². The Kier molecular flexibility index (Phi) is 4.76. The Morgan fingerprint density at radius 1 is 1.47 bits per heavy atom. The normalized spacial score (nSPS) is 26.2. The second-order valence-electron chi connectivity index (χ2n) is 4.78. The summed E-state index contributed by atoms with van der Waals surface area (Å²) in [6, 6.07) is 0.00344. The monoisotopic (exact) mass is 262 g/mol. The Bertz CT molecular complexity index is 378. The molecular weight excluding hydrogens is 240 g/mol. The zero-order valence-electron chi connectivity index (χ0n) is 10.7. The van der Waals surface area contributed by atoms with Gasteiger partial charge in [-0.15, -0.1) is 0 Å². The van der Waals surface area contributed by atoms with Gasteiger partial charge < -0.3 is 10.6 Å². The molecule has 1 rings (SSSR count). The van der Waals surface area contributed by atoms with Crippen LogP contribution in [0.25, 0.3) is 0 Å². The molecule has 1 aliphatic carbocycles. The van der Waals surface area contributed by atoms with Crippen LogP contribution in [0.1, 0.15) is 19.3 Å². The van der Waals surface area contributed by atoms with Crippen LogP contribution in [0.2, 0.25) is 0 Å². The number of rotatable bonds is 4. The van der Waals surface area contributed by atoms with E-state index in [2.05, 4.69) is 9.71 Å². The van der Waals surface area contributed by atoms with E-state index in [9.17, 15) is 8.42 Å². The van der Waals surface area contributed by atoms with Gasteiger partial charge in [0.25, 0.3) is 0 Å². The summed E-state index contributed by atoms with van der Waals surface area (Å²) in [5.74, 6) is 0.734. The molecule has 1 aliphatic rings. The van der Waals surface area contributed by atoms with E-state index in [1.54, 1.807) is 4.90 Å². The van der Waals surface area contributed by atoms with E-state index in [0.29, 0.717) is 12.5 Å². The molecule has 100 valence electrons. The van der Waals surface area contributed by atoms with Gasteiger partial charge in [-0.05, 0) is 18.8 Å². The summed E-state index contributed by atoms with van der Waals surface area (Å²) in [5, 5.41) is 0. The van der Waals surface area contributed by atoms with E-state index in [1.807, 2.05) is 14.1 Å². The lowest BCUT2D eigenvalue weighted by molar-refractivity contribution is 0.452. The maximum atomic E-state index is 11.2. The quantitative estimate of drug-likeness (QED) is 0.532. The van der Waals surface area contributed by atoms with Gasteiger partial charge in [0.2, 0.25) is 10.0 Å². The molecule has 7 heteroatoms. The van der Waals surface area contributed by atoms with Crippen molar-refractivity contribution in [1.82, 2.24) is 9.62 Å². The molecule has 17 heavy (non-hydrogen) atoms. The number of nitrogens with zero attached hydrogens (tertiary/aromatic N) is 2. The van der Waals surface area contributed by atoms with Gasteiger partial charge in [0.1, 0.15) is 0 Å². The van der Waals surface area contributed by atoms with Crippen molar-refractivity contribution in [2.75, 3.05) is 26.9 Å². The van der Waals surface area contributed by atoms with Crippen molar-refractivity contribution in [3.63, 3.8) is 0 Å². The minimum absolute atomic E-state index is 0.00344. The molecule has 0 spiro atoms. The van der Waals surface area contributed by atoms with Crippen molar-refractivity contribution in [3.05, 3.63) is 0 Å². The standard InChI is InChI=1S/C10H22N4O2S/c1-14(2)10(11)12-7-8-5-4-6-9(8)13-17(3,15)16/h8-9,13H,4-7H2,1-3H3,(H2,11,12). The highest BCUT2D eigenvalue weighted by atomic mass is 32.2. The second kappa shape index (κ2) is 5.68. The SMILES string of the molecule is CN(C)C(N)=NCC1CCCC1NS(C)(=O)=O. The van der Waals surface area contributed by atoms with Crippen LogP contribution >= 0.6 is 0 Å². The maximum absolute atomic E-state index is 11.2. The molecule has 1 saturated carbocycles. The topological polar surface area (TPSA) is 87.8 Å². The number of nitrogens with one attached hydrogen (secondary N) is 1. The highest BCUT2D eigenvalue weighted by Crippen LogP contribution is 2.26. The molecule has 0 amide bonds. The van der Waals surface area contributed by atoms with Gasteiger partial charge in [-0.3, -0.25) is 4.99 Å². The smallest absolute Gasteiger partial charge is 0.208 e. The van der Waals surface area contributed by atoms with Crippen molar-refractivity contribution in [3.8, 4) is 0 Å². The number of hydrogen-bond donors (Lipinski definition) is 2. The molecule has 0 saturated heterocycles. The van der Waals surface area contributed by atoms with Crippen molar-refractivity contribution in [2.24, 2.45) is 16.6 Å². The summed E-state index contributed by atoms with van der Waals surface area (Å²) < 4.78 is 25.1. The third kappa shape index (κ3) is 4.91. The highest BCUT2D eigenvalue weighted by Gasteiger charge is 2.29. The number of guanidine groups is 1. The average Bonchev–Trinajstić information content (AvgIpc) is 2.58. The third-order valence-corrected chi connectivity index (χ3v) is 3.70. The Morgan fingerprint density at radius 2 is 2.12 bits per heavy atom. The fourth-order valence-electron chi connectivity index (χ4n) is 2.04. The predicted molar refractivity (Wildman–Crippen MR) is 69.3 cm³/mol. The van der Waals surface area contributed by atoms with Crippen LogP contribution in [0, 0.1) is 5.92 Å². The number of hydrogen-bond acceptors (Lipinski definition) is 3. The van der Waals surface area contributed by atoms with Crippen molar-refractivity contribution < 1.29 is 8.42 Å². The zero-order valence-corrected chi connectivity index (χ0v) is 11.5. The molecule has 0 aromatic rings. The first kappa shape index (κ1) is 14.2. The van der Waals surface area contributed by atoms with Crippen LogP contribution in [-0.4, -0.2) is 52.2 Å². The molecule has 0 heterocycles. The van der Waals surface area contributed by atoms with Crippen LogP contribution in [0.15, 0.2) is 4.99 Å². The first-order valence-corrected chi connectivity index (χ1v) is 7.63. The summed E-state index contributed by atoms with van der Waals surface area (Å²) in [6.45, 7) is 0.581. The molecule has 0 bridgehead atoms. The van der Waals surface area contributed by atoms with Crippen molar-refractivity contribution in [2.45, 2.75) is 25.3 Å². The van der Waals surface area contributed by atoms with Gasteiger partial charge in [0, 0.05) is 26.7 Å². The van der Waals surface area contributed by atoms with Crippen molar-refractivity contribution >= 4 is 16.0 Å². The molecule has 0 aromatic heterocycles. The average molecular weight is 262 g/mol. The molecular formula is C10H22N4O2S. The summed E-state index contributed by atoms with van der Waals surface area (Å²) >= 11 is 0. The molecule has 3 N–H and O–H groups in total. The van der Waals surface area contributed by atoms with E-state index >= 15 is 0 Å². The summed E-state index contributed by atoms with van der Waals surface area (Å²) in [6.07, 6.45) is 4.11. The largest absolute Gasteiger partial charge is 0.370 e. The van der Waals surface area contributed by atoms with E-state index in [-0.39, 0.29) is 12.0 Å². The Hall–Kier alpha value is -0.820. The minimum Gasteiger partial charge on any atom is -0.370 e. The number of sulfonamides is 1. The Balaban J connectivity index is 2.56. The molecule has 0 radical (unpaired) electrons. The molecule has 0 aromatic carbocycles. The summed E-state index contributed by atoms with van der Waals surface area (Å²) in [5.41, 5.74) is 5.70. The fourth-order valence-corrected chi connectivity index (χ4v) is 2.90. The lowest BCUT2D eigenvalue weighted by Crippen LogP contribution is -2.38. The fraction of sp³-hybridized carbons (Fsp3) is 0.900. The molecule has 6 nitrogen and oxygen atoms in total. The van der Waals surface area contributed by atoms with Gasteiger partial charge in [0.15, 0.2) is 5.96 Å². The van der Waals surface area contributed by atoms with Crippen LogP contribution in [0.5, 0.6) is 0 Å². The Morgan fingerprint density at radius 3 is 2.65 bits per heavy atom. The molecule has 1 fully saturated rings. The third-order valence-electron chi connectivity index (χ3n) is 2.97. The van der Waals surface area contributed by atoms with Crippen LogP contribution < -0.4 is 10.5 Å². The van der Waals surface area contributed by atoms with Gasteiger partial charge in [0.05, 0.1) is 6.26 Å². The second-order valence-corrected chi connectivity index (χ2v) is 6.56. The first-order chi connectivity index (χ1) is 7.79. The van der Waals surface area contributed by atoms with Crippen LogP contribution in [-0.2, 0) is 10.0 Å². The number of aliphatic imine (C=N–C) groups is 1. The molecule has 2 atom stereocenters. The van der Waals surface area contributed by atoms with Crippen molar-refractivity contribution in [1.29, 1.82) is 0 Å². The molecule has 2 unspecified atom stereocenters. The van der Waals surface area contributed by atoms with E-state index in [1.165, 1.54) is 6.26 Å². The first-order valence-electron chi connectivity index (χ1n) is 5.74. The van der Waals surface area contributed by atoms with E-state index in [0.717, 1.165) is 19.3 Å². The van der Waals surface area contributed by atoms with E-state index < -0.39 is 10.0 Å². The lowest BCUT2D eigenvalue weighted by Gasteiger charge is -2.19. The zero-order chi connectivity index (χ0) is 13.1. The van der Waals surface area contributed by atoms with Gasteiger partial charge >= 0.3 is 0 Å². The van der Waals surface area contributed by atoms with Gasteiger partial charge in [-0.1, -0.05) is 6.42 Å². The maximum Gasteiger partial charge on any atom is 0.208 e.